The molecule has 13 heavy (non-hydrogen) atoms. The van der Waals surface area contributed by atoms with Crippen LogP contribution in [0.1, 0.15) is 30.5 Å². The zero-order valence-electron chi connectivity index (χ0n) is 7.33. The van der Waals surface area contributed by atoms with Crippen LogP contribution >= 0.6 is 0 Å². The Morgan fingerprint density at radius 2 is 2.23 bits per heavy atom. The topological polar surface area (TPSA) is 36.7 Å². The predicted octanol–water partition coefficient (Wildman–Crippen LogP) is 2.00. The van der Waals surface area contributed by atoms with Gasteiger partial charge in [0, 0.05) is 17.3 Å². The van der Waals surface area contributed by atoms with Crippen molar-refractivity contribution < 1.29 is 0 Å². The number of hydrogen-bond acceptors (Lipinski definition) is 2. The fraction of sp³-hybridized carbons (Fsp3) is 0.455. The highest BCUT2D eigenvalue weighted by atomic mass is 14.8. The van der Waals surface area contributed by atoms with E-state index in [0.29, 0.717) is 5.41 Å². The van der Waals surface area contributed by atoms with E-state index in [-0.39, 0.29) is 0 Å². The molecule has 0 spiro atoms. The van der Waals surface area contributed by atoms with E-state index in [1.807, 2.05) is 6.07 Å². The van der Waals surface area contributed by atoms with Crippen molar-refractivity contribution in [2.75, 3.05) is 0 Å². The molecule has 1 heterocycles. The summed E-state index contributed by atoms with van der Waals surface area (Å²) >= 11 is 0. The van der Waals surface area contributed by atoms with E-state index in [1.54, 1.807) is 12.3 Å². The second-order valence-corrected chi connectivity index (χ2v) is 4.30. The van der Waals surface area contributed by atoms with Crippen LogP contribution in [0.2, 0.25) is 0 Å². The summed E-state index contributed by atoms with van der Waals surface area (Å²) in [5.41, 5.74) is 2.28. The highest BCUT2D eigenvalue weighted by Crippen LogP contribution is 2.64. The zero-order chi connectivity index (χ0) is 8.89. The summed E-state index contributed by atoms with van der Waals surface area (Å²) in [6, 6.07) is 5.89. The van der Waals surface area contributed by atoms with Gasteiger partial charge in [0.25, 0.3) is 0 Å². The molecule has 2 nitrogen and oxygen atoms in total. The second kappa shape index (κ2) is 2.11. The molecule has 0 saturated heterocycles. The Kier molecular flexibility index (Phi) is 1.15. The summed E-state index contributed by atoms with van der Waals surface area (Å²) in [5, 5.41) is 8.75. The number of nitriles is 1. The average molecular weight is 170 g/mol. The third-order valence-corrected chi connectivity index (χ3v) is 3.47. The van der Waals surface area contributed by atoms with Crippen LogP contribution in [0.3, 0.4) is 0 Å². The smallest absolute Gasteiger partial charge is 0.0992 e. The van der Waals surface area contributed by atoms with Crippen molar-refractivity contribution >= 4 is 0 Å². The van der Waals surface area contributed by atoms with E-state index < -0.39 is 0 Å². The fourth-order valence-corrected chi connectivity index (χ4v) is 2.58. The van der Waals surface area contributed by atoms with Gasteiger partial charge in [0.15, 0.2) is 0 Å². The van der Waals surface area contributed by atoms with E-state index in [1.165, 1.54) is 19.3 Å². The molecule has 2 heteroatoms. The lowest BCUT2D eigenvalue weighted by molar-refractivity contribution is -0.0308. The summed E-state index contributed by atoms with van der Waals surface area (Å²) < 4.78 is 0. The normalized spacial score (nSPS) is 34.2. The van der Waals surface area contributed by atoms with E-state index in [4.69, 9.17) is 5.26 Å². The van der Waals surface area contributed by atoms with Crippen LogP contribution in [-0.4, -0.2) is 4.98 Å². The first kappa shape index (κ1) is 7.08. The van der Waals surface area contributed by atoms with Crippen molar-refractivity contribution in [1.82, 2.24) is 4.98 Å². The highest BCUT2D eigenvalue weighted by Gasteiger charge is 2.58. The molecule has 0 unspecified atom stereocenters. The molecule has 0 aromatic carbocycles. The molecule has 3 fully saturated rings. The molecular weight excluding hydrogens is 160 g/mol. The van der Waals surface area contributed by atoms with Gasteiger partial charge < -0.3 is 0 Å². The Morgan fingerprint density at radius 1 is 1.46 bits per heavy atom. The minimum Gasteiger partial charge on any atom is -0.261 e. The van der Waals surface area contributed by atoms with E-state index in [2.05, 4.69) is 11.1 Å². The zero-order valence-corrected chi connectivity index (χ0v) is 7.33. The van der Waals surface area contributed by atoms with Crippen molar-refractivity contribution in [3.63, 3.8) is 0 Å². The van der Waals surface area contributed by atoms with Gasteiger partial charge in [-0.05, 0) is 37.3 Å². The van der Waals surface area contributed by atoms with Crippen LogP contribution in [0.15, 0.2) is 18.3 Å². The maximum atomic E-state index is 8.75. The van der Waals surface area contributed by atoms with Gasteiger partial charge in [-0.25, -0.2) is 0 Å². The minimum atomic E-state index is 0.386. The Bertz CT molecular complexity index is 386. The van der Waals surface area contributed by atoms with Gasteiger partial charge in [0.2, 0.25) is 0 Å². The molecule has 1 aromatic heterocycles. The molecule has 3 aliphatic rings. The van der Waals surface area contributed by atoms with Crippen molar-refractivity contribution in [3.05, 3.63) is 29.6 Å². The van der Waals surface area contributed by atoms with Gasteiger partial charge in [-0.1, -0.05) is 0 Å². The number of hydrogen-bond donors (Lipinski definition) is 0. The third kappa shape index (κ3) is 0.793. The summed E-state index contributed by atoms with van der Waals surface area (Å²) in [7, 11) is 0. The van der Waals surface area contributed by atoms with E-state index >= 15 is 0 Å². The van der Waals surface area contributed by atoms with Crippen molar-refractivity contribution in [3.8, 4) is 6.07 Å². The molecule has 2 bridgehead atoms. The first-order valence-corrected chi connectivity index (χ1v) is 4.69. The maximum Gasteiger partial charge on any atom is 0.0992 e. The third-order valence-electron chi connectivity index (χ3n) is 3.47. The van der Waals surface area contributed by atoms with E-state index in [9.17, 15) is 0 Å². The summed E-state index contributed by atoms with van der Waals surface area (Å²) in [6.07, 6.45) is 5.66. The van der Waals surface area contributed by atoms with Gasteiger partial charge in [0.1, 0.15) is 0 Å². The number of rotatable bonds is 1. The number of aromatic nitrogens is 1. The quantitative estimate of drug-likeness (QED) is 0.646. The molecule has 0 atom stereocenters. The molecule has 0 radical (unpaired) electrons. The monoisotopic (exact) mass is 170 g/mol. The summed E-state index contributed by atoms with van der Waals surface area (Å²) in [4.78, 5) is 4.37. The second-order valence-electron chi connectivity index (χ2n) is 4.30. The Labute approximate surface area is 77.2 Å². The Hall–Kier alpha value is -1.36. The van der Waals surface area contributed by atoms with Crippen LogP contribution in [0.5, 0.6) is 0 Å². The first-order chi connectivity index (χ1) is 6.32. The predicted molar refractivity (Wildman–Crippen MR) is 48.0 cm³/mol. The van der Waals surface area contributed by atoms with Gasteiger partial charge in [-0.3, -0.25) is 4.98 Å². The van der Waals surface area contributed by atoms with Crippen molar-refractivity contribution in [2.45, 2.75) is 24.7 Å². The van der Waals surface area contributed by atoms with Crippen molar-refractivity contribution in [2.24, 2.45) is 5.92 Å². The standard InChI is InChI=1S/C11H10N2/c12-7-8-1-2-13-10(3-8)11-4-9(5-11)6-11/h1-3,9H,4-6H2. The molecule has 0 aliphatic heterocycles. The van der Waals surface area contributed by atoms with Gasteiger partial charge >= 0.3 is 0 Å². The van der Waals surface area contributed by atoms with E-state index in [0.717, 1.165) is 17.2 Å². The van der Waals surface area contributed by atoms with Gasteiger partial charge in [-0.2, -0.15) is 5.26 Å². The lowest BCUT2D eigenvalue weighted by Gasteiger charge is -2.61. The summed E-state index contributed by atoms with van der Waals surface area (Å²) in [5.74, 6) is 0.965. The molecule has 64 valence electrons. The lowest BCUT2D eigenvalue weighted by atomic mass is 9.43. The maximum absolute atomic E-state index is 8.75. The molecule has 0 N–H and O–H groups in total. The molecule has 1 aromatic rings. The molecule has 0 amide bonds. The minimum absolute atomic E-state index is 0.386. The average Bonchev–Trinajstić information content (AvgIpc) is 1.99. The SMILES string of the molecule is N#Cc1ccnc(C23CC(C2)C3)c1. The number of nitrogens with zero attached hydrogens (tertiary/aromatic N) is 2. The molecule has 4 rings (SSSR count). The van der Waals surface area contributed by atoms with Crippen LogP contribution in [0.4, 0.5) is 0 Å². The Morgan fingerprint density at radius 3 is 2.77 bits per heavy atom. The van der Waals surface area contributed by atoms with Crippen molar-refractivity contribution in [1.29, 1.82) is 5.26 Å². The van der Waals surface area contributed by atoms with Gasteiger partial charge in [0.05, 0.1) is 11.6 Å². The molecular formula is C11H10N2. The van der Waals surface area contributed by atoms with Crippen LogP contribution in [-0.2, 0) is 5.41 Å². The largest absolute Gasteiger partial charge is 0.261 e. The first-order valence-electron chi connectivity index (χ1n) is 4.69. The fourth-order valence-electron chi connectivity index (χ4n) is 2.58. The molecule has 3 aliphatic carbocycles. The molecule has 3 saturated carbocycles. The highest BCUT2D eigenvalue weighted by molar-refractivity contribution is 5.36. The van der Waals surface area contributed by atoms with Gasteiger partial charge in [-0.15, -0.1) is 0 Å². The lowest BCUT2D eigenvalue weighted by Crippen LogP contribution is -2.55. The Balaban J connectivity index is 2.01. The number of pyridine rings is 1. The van der Waals surface area contributed by atoms with Crippen LogP contribution in [0, 0.1) is 17.2 Å². The summed E-state index contributed by atoms with van der Waals surface area (Å²) in [6.45, 7) is 0. The van der Waals surface area contributed by atoms with Crippen LogP contribution < -0.4 is 0 Å². The van der Waals surface area contributed by atoms with Crippen LogP contribution in [0.25, 0.3) is 0 Å².